The molecule has 0 aromatic rings. The van der Waals surface area contributed by atoms with Crippen molar-refractivity contribution in [2.45, 2.75) is 35.4 Å². The molecular weight excluding hydrogens is 268 g/mol. The topological polar surface area (TPSA) is 40.6 Å². The molecular formula is C12H18N2O2S2. The molecule has 3 saturated heterocycles. The largest absolute Gasteiger partial charge is 0.317 e. The molecule has 3 aliphatic heterocycles. The Morgan fingerprint density at radius 3 is 1.61 bits per heavy atom. The Kier molecular flexibility index (Phi) is 2.86. The molecule has 0 N–H and O–H groups in total. The van der Waals surface area contributed by atoms with Crippen LogP contribution < -0.4 is 0 Å². The lowest BCUT2D eigenvalue weighted by Crippen LogP contribution is -2.70. The number of nitrogens with zero attached hydrogens (tertiary/aromatic N) is 2. The maximum atomic E-state index is 12.8. The summed E-state index contributed by atoms with van der Waals surface area (Å²) in [6.07, 6.45) is 7.39. The summed E-state index contributed by atoms with van der Waals surface area (Å²) in [6, 6.07) is 0. The zero-order valence-electron chi connectivity index (χ0n) is 10.8. The molecule has 0 radical (unpaired) electrons. The molecule has 2 amide bonds. The zero-order valence-corrected chi connectivity index (χ0v) is 12.4. The van der Waals surface area contributed by atoms with E-state index in [1.54, 1.807) is 0 Å². The highest BCUT2D eigenvalue weighted by Crippen LogP contribution is 2.52. The van der Waals surface area contributed by atoms with Gasteiger partial charge >= 0.3 is 0 Å². The van der Waals surface area contributed by atoms with Gasteiger partial charge in [-0.15, -0.1) is 23.5 Å². The molecule has 0 bridgehead atoms. The molecule has 3 heterocycles. The lowest BCUT2D eigenvalue weighted by Gasteiger charge is -2.51. The second-order valence-electron chi connectivity index (χ2n) is 5.10. The Balaban J connectivity index is 2.10. The van der Waals surface area contributed by atoms with E-state index in [1.165, 1.54) is 23.5 Å². The Morgan fingerprint density at radius 1 is 0.889 bits per heavy atom. The number of piperazine rings is 1. The molecule has 100 valence electrons. The van der Waals surface area contributed by atoms with Crippen LogP contribution in [-0.4, -0.2) is 57.0 Å². The van der Waals surface area contributed by atoms with Gasteiger partial charge in [0, 0.05) is 13.1 Å². The van der Waals surface area contributed by atoms with Crippen molar-refractivity contribution in [2.75, 3.05) is 25.6 Å². The molecule has 18 heavy (non-hydrogen) atoms. The monoisotopic (exact) mass is 286 g/mol. The van der Waals surface area contributed by atoms with Crippen LogP contribution in [0.3, 0.4) is 0 Å². The van der Waals surface area contributed by atoms with Gasteiger partial charge in [-0.1, -0.05) is 0 Å². The second-order valence-corrected chi connectivity index (χ2v) is 7.26. The minimum atomic E-state index is -0.597. The van der Waals surface area contributed by atoms with Crippen LogP contribution in [0.5, 0.6) is 0 Å². The van der Waals surface area contributed by atoms with E-state index in [9.17, 15) is 9.59 Å². The molecule has 0 unspecified atom stereocenters. The fourth-order valence-electron chi connectivity index (χ4n) is 3.58. The molecule has 0 spiro atoms. The molecule has 0 saturated carbocycles. The Labute approximate surface area is 116 Å². The highest BCUT2D eigenvalue weighted by Gasteiger charge is 2.65. The quantitative estimate of drug-likeness (QED) is 0.768. The summed E-state index contributed by atoms with van der Waals surface area (Å²) in [6.45, 7) is 1.48. The number of hydrogen-bond acceptors (Lipinski definition) is 4. The second kappa shape index (κ2) is 4.07. The van der Waals surface area contributed by atoms with Gasteiger partial charge in [-0.05, 0) is 38.2 Å². The van der Waals surface area contributed by atoms with Crippen molar-refractivity contribution in [3.05, 3.63) is 0 Å². The van der Waals surface area contributed by atoms with Crippen molar-refractivity contribution < 1.29 is 9.59 Å². The SMILES string of the molecule is CS[C@]12CCCN1C(=O)[C@]1(SC)CCCN1C2=O. The first kappa shape index (κ1) is 12.7. The van der Waals surface area contributed by atoms with E-state index in [1.807, 2.05) is 22.3 Å². The number of carbonyl (C=O) groups is 2. The first-order chi connectivity index (χ1) is 8.62. The van der Waals surface area contributed by atoms with Gasteiger partial charge in [-0.3, -0.25) is 9.59 Å². The van der Waals surface area contributed by atoms with E-state index < -0.39 is 9.74 Å². The summed E-state index contributed by atoms with van der Waals surface area (Å²) in [4.78, 5) is 28.2. The fourth-order valence-corrected chi connectivity index (χ4v) is 5.64. The normalized spacial score (nSPS) is 39.2. The van der Waals surface area contributed by atoms with Gasteiger partial charge in [-0.2, -0.15) is 0 Å². The summed E-state index contributed by atoms with van der Waals surface area (Å²) in [7, 11) is 0. The summed E-state index contributed by atoms with van der Waals surface area (Å²) >= 11 is 3.08. The first-order valence-electron chi connectivity index (χ1n) is 6.37. The van der Waals surface area contributed by atoms with Crippen LogP contribution in [-0.2, 0) is 9.59 Å². The minimum Gasteiger partial charge on any atom is -0.317 e. The first-order valence-corrected chi connectivity index (χ1v) is 8.82. The average Bonchev–Trinajstić information content (AvgIpc) is 3.01. The predicted molar refractivity (Wildman–Crippen MR) is 74.4 cm³/mol. The molecule has 0 aromatic heterocycles. The van der Waals surface area contributed by atoms with Crippen molar-refractivity contribution >= 4 is 35.3 Å². The molecule has 0 aromatic carbocycles. The lowest BCUT2D eigenvalue weighted by atomic mass is 10.0. The maximum Gasteiger partial charge on any atom is 0.260 e. The van der Waals surface area contributed by atoms with Crippen LogP contribution in [0.4, 0.5) is 0 Å². The molecule has 3 aliphatic rings. The third kappa shape index (κ3) is 1.26. The van der Waals surface area contributed by atoms with Gasteiger partial charge in [0.15, 0.2) is 9.74 Å². The van der Waals surface area contributed by atoms with Gasteiger partial charge in [0.1, 0.15) is 0 Å². The van der Waals surface area contributed by atoms with Crippen LogP contribution in [0, 0.1) is 0 Å². The summed E-state index contributed by atoms with van der Waals surface area (Å²) in [5.74, 6) is 0.331. The number of hydrogen-bond donors (Lipinski definition) is 0. The number of amides is 2. The number of fused-ring (bicyclic) bond motifs is 2. The van der Waals surface area contributed by atoms with E-state index in [2.05, 4.69) is 0 Å². The molecule has 2 atom stereocenters. The number of rotatable bonds is 2. The Morgan fingerprint density at radius 2 is 1.28 bits per heavy atom. The van der Waals surface area contributed by atoms with E-state index >= 15 is 0 Å². The predicted octanol–water partition coefficient (Wildman–Crippen LogP) is 1.36. The van der Waals surface area contributed by atoms with E-state index in [0.717, 1.165) is 38.8 Å². The van der Waals surface area contributed by atoms with Crippen molar-refractivity contribution in [2.24, 2.45) is 0 Å². The number of thioether (sulfide) groups is 2. The maximum absolute atomic E-state index is 12.8. The van der Waals surface area contributed by atoms with Gasteiger partial charge in [-0.25, -0.2) is 0 Å². The van der Waals surface area contributed by atoms with Crippen LogP contribution >= 0.6 is 23.5 Å². The van der Waals surface area contributed by atoms with Gasteiger partial charge in [0.25, 0.3) is 11.8 Å². The molecule has 3 fully saturated rings. The van der Waals surface area contributed by atoms with E-state index in [-0.39, 0.29) is 11.8 Å². The minimum absolute atomic E-state index is 0.166. The van der Waals surface area contributed by atoms with Crippen LogP contribution in [0.15, 0.2) is 0 Å². The standard InChI is InChI=1S/C12H18N2O2S2/c1-17-11-5-3-7-13(11)10(16)12(18-2)6-4-8-14(12)9(11)15/h3-8H2,1-2H3/t11-,12+. The molecule has 0 aliphatic carbocycles. The summed E-state index contributed by atoms with van der Waals surface area (Å²) < 4.78 is 0. The summed E-state index contributed by atoms with van der Waals surface area (Å²) in [5, 5.41) is 0. The van der Waals surface area contributed by atoms with Crippen LogP contribution in [0.2, 0.25) is 0 Å². The summed E-state index contributed by atoms with van der Waals surface area (Å²) in [5.41, 5.74) is 0. The van der Waals surface area contributed by atoms with E-state index in [4.69, 9.17) is 0 Å². The average molecular weight is 286 g/mol. The van der Waals surface area contributed by atoms with Crippen molar-refractivity contribution in [3.8, 4) is 0 Å². The highest BCUT2D eigenvalue weighted by molar-refractivity contribution is 8.01. The van der Waals surface area contributed by atoms with Gasteiger partial charge < -0.3 is 9.80 Å². The number of carbonyl (C=O) groups excluding carboxylic acids is 2. The Hall–Kier alpha value is -0.360. The fraction of sp³-hybridized carbons (Fsp3) is 0.833. The third-order valence-corrected chi connectivity index (χ3v) is 7.05. The van der Waals surface area contributed by atoms with Gasteiger partial charge in [0.05, 0.1) is 0 Å². The van der Waals surface area contributed by atoms with E-state index in [0.29, 0.717) is 0 Å². The Bertz CT molecular complexity index is 379. The lowest BCUT2D eigenvalue weighted by molar-refractivity contribution is -0.161. The van der Waals surface area contributed by atoms with Crippen molar-refractivity contribution in [3.63, 3.8) is 0 Å². The molecule has 4 nitrogen and oxygen atoms in total. The zero-order chi connectivity index (χ0) is 13.0. The smallest absolute Gasteiger partial charge is 0.260 e. The van der Waals surface area contributed by atoms with Gasteiger partial charge in [0.2, 0.25) is 0 Å². The highest BCUT2D eigenvalue weighted by atomic mass is 32.2. The van der Waals surface area contributed by atoms with Crippen LogP contribution in [0.25, 0.3) is 0 Å². The van der Waals surface area contributed by atoms with Crippen molar-refractivity contribution in [1.82, 2.24) is 9.80 Å². The third-order valence-electron chi connectivity index (χ3n) is 4.50. The van der Waals surface area contributed by atoms with Crippen LogP contribution in [0.1, 0.15) is 25.7 Å². The molecule has 6 heteroatoms. The van der Waals surface area contributed by atoms with Crippen molar-refractivity contribution in [1.29, 1.82) is 0 Å². The molecule has 3 rings (SSSR count).